The van der Waals surface area contributed by atoms with Crippen LogP contribution in [0.2, 0.25) is 0 Å². The van der Waals surface area contributed by atoms with Crippen LogP contribution in [0.25, 0.3) is 11.1 Å². The Morgan fingerprint density at radius 3 is 2.05 bits per heavy atom. The van der Waals surface area contributed by atoms with E-state index in [1.165, 1.54) is 16.7 Å². The lowest BCUT2D eigenvalue weighted by atomic mass is 9.97. The molecule has 0 aromatic heterocycles. The van der Waals surface area contributed by atoms with Gasteiger partial charge in [-0.2, -0.15) is 0 Å². The van der Waals surface area contributed by atoms with Crippen LogP contribution in [-0.4, -0.2) is 13.1 Å². The molecular weight excluding hydrogens is 244 g/mol. The minimum Gasteiger partial charge on any atom is -0.328 e. The molecule has 0 radical (unpaired) electrons. The molecule has 2 rings (SSSR count). The summed E-state index contributed by atoms with van der Waals surface area (Å²) in [6.07, 6.45) is 2.10. The molecule has 0 fully saturated rings. The van der Waals surface area contributed by atoms with Crippen molar-refractivity contribution in [1.82, 2.24) is 5.32 Å². The lowest BCUT2D eigenvalue weighted by Gasteiger charge is -2.18. The van der Waals surface area contributed by atoms with Crippen LogP contribution >= 0.6 is 0 Å². The highest BCUT2D eigenvalue weighted by atomic mass is 14.9. The molecule has 106 valence electrons. The molecule has 2 heteroatoms. The molecule has 0 saturated heterocycles. The number of hydrogen-bond donors (Lipinski definition) is 2. The van der Waals surface area contributed by atoms with Crippen LogP contribution in [0.4, 0.5) is 0 Å². The van der Waals surface area contributed by atoms with E-state index >= 15 is 0 Å². The fourth-order valence-electron chi connectivity index (χ4n) is 2.45. The smallest absolute Gasteiger partial charge is 0.0318 e. The average Bonchev–Trinajstić information content (AvgIpc) is 2.49. The Morgan fingerprint density at radius 2 is 1.50 bits per heavy atom. The summed E-state index contributed by atoms with van der Waals surface area (Å²) in [5, 5.41) is 3.38. The summed E-state index contributed by atoms with van der Waals surface area (Å²) in [5.41, 5.74) is 9.69. The molecular formula is C18H24N2. The van der Waals surface area contributed by atoms with Gasteiger partial charge in [0.15, 0.2) is 0 Å². The van der Waals surface area contributed by atoms with Gasteiger partial charge in [-0.3, -0.25) is 0 Å². The second-order valence-corrected chi connectivity index (χ2v) is 5.38. The Morgan fingerprint density at radius 1 is 0.900 bits per heavy atom. The standard InChI is InChI=1S/C18H24N2/c1-14(19)8-13-18(20-2)17-11-9-16(10-12-17)15-6-4-3-5-7-15/h3-7,9-12,14,18,20H,8,13,19H2,1-2H3. The van der Waals surface area contributed by atoms with E-state index in [4.69, 9.17) is 5.73 Å². The SMILES string of the molecule is CNC(CCC(C)N)c1ccc(-c2ccccc2)cc1. The van der Waals surface area contributed by atoms with Crippen LogP contribution in [0.1, 0.15) is 31.4 Å². The molecule has 20 heavy (non-hydrogen) atoms. The van der Waals surface area contributed by atoms with Gasteiger partial charge < -0.3 is 11.1 Å². The largest absolute Gasteiger partial charge is 0.328 e. The average molecular weight is 268 g/mol. The van der Waals surface area contributed by atoms with Crippen molar-refractivity contribution in [2.24, 2.45) is 5.73 Å². The molecule has 0 saturated carbocycles. The van der Waals surface area contributed by atoms with Crippen LogP contribution in [0.15, 0.2) is 54.6 Å². The van der Waals surface area contributed by atoms with Crippen molar-refractivity contribution in [2.45, 2.75) is 31.8 Å². The normalized spacial score (nSPS) is 13.9. The van der Waals surface area contributed by atoms with Crippen LogP contribution in [0, 0.1) is 0 Å². The van der Waals surface area contributed by atoms with E-state index < -0.39 is 0 Å². The van der Waals surface area contributed by atoms with Gasteiger partial charge in [-0.25, -0.2) is 0 Å². The van der Waals surface area contributed by atoms with Gasteiger partial charge >= 0.3 is 0 Å². The number of nitrogens with one attached hydrogen (secondary N) is 1. The minimum absolute atomic E-state index is 0.259. The maximum absolute atomic E-state index is 5.85. The van der Waals surface area contributed by atoms with E-state index in [1.807, 2.05) is 13.1 Å². The van der Waals surface area contributed by atoms with Crippen LogP contribution in [0.5, 0.6) is 0 Å². The fourth-order valence-corrected chi connectivity index (χ4v) is 2.45. The lowest BCUT2D eigenvalue weighted by Crippen LogP contribution is -2.21. The van der Waals surface area contributed by atoms with E-state index in [1.54, 1.807) is 0 Å². The molecule has 2 aromatic carbocycles. The molecule has 2 unspecified atom stereocenters. The van der Waals surface area contributed by atoms with Crippen molar-refractivity contribution < 1.29 is 0 Å². The molecule has 3 N–H and O–H groups in total. The zero-order chi connectivity index (χ0) is 14.4. The van der Waals surface area contributed by atoms with E-state index in [-0.39, 0.29) is 6.04 Å². The summed E-state index contributed by atoms with van der Waals surface area (Å²) in [7, 11) is 2.01. The van der Waals surface area contributed by atoms with Gasteiger partial charge in [0, 0.05) is 12.1 Å². The highest BCUT2D eigenvalue weighted by Crippen LogP contribution is 2.24. The Hall–Kier alpha value is -1.64. The van der Waals surface area contributed by atoms with Gasteiger partial charge in [-0.15, -0.1) is 0 Å². The van der Waals surface area contributed by atoms with E-state index in [0.717, 1.165) is 12.8 Å². The Kier molecular flexibility index (Phi) is 5.33. The molecule has 0 aliphatic carbocycles. The number of hydrogen-bond acceptors (Lipinski definition) is 2. The number of benzene rings is 2. The summed E-state index contributed by atoms with van der Waals surface area (Å²) in [5.74, 6) is 0. The molecule has 2 atom stereocenters. The van der Waals surface area contributed by atoms with E-state index in [0.29, 0.717) is 6.04 Å². The first kappa shape index (κ1) is 14.8. The van der Waals surface area contributed by atoms with E-state index in [2.05, 4.69) is 60.8 Å². The predicted molar refractivity (Wildman–Crippen MR) is 86.6 cm³/mol. The molecule has 2 nitrogen and oxygen atoms in total. The third-order valence-corrected chi connectivity index (χ3v) is 3.68. The van der Waals surface area contributed by atoms with Crippen LogP contribution in [-0.2, 0) is 0 Å². The Labute approximate surface area is 122 Å². The molecule has 0 aliphatic rings. The van der Waals surface area contributed by atoms with Gasteiger partial charge in [-0.05, 0) is 43.5 Å². The first-order valence-corrected chi connectivity index (χ1v) is 7.29. The van der Waals surface area contributed by atoms with E-state index in [9.17, 15) is 0 Å². The van der Waals surface area contributed by atoms with Gasteiger partial charge in [0.1, 0.15) is 0 Å². The van der Waals surface area contributed by atoms with Crippen molar-refractivity contribution in [2.75, 3.05) is 7.05 Å². The molecule has 0 aliphatic heterocycles. The third-order valence-electron chi connectivity index (χ3n) is 3.68. The molecule has 0 spiro atoms. The summed E-state index contributed by atoms with van der Waals surface area (Å²) < 4.78 is 0. The highest BCUT2D eigenvalue weighted by molar-refractivity contribution is 5.63. The van der Waals surface area contributed by atoms with Crippen molar-refractivity contribution >= 4 is 0 Å². The first-order valence-electron chi connectivity index (χ1n) is 7.29. The zero-order valence-electron chi connectivity index (χ0n) is 12.3. The summed E-state index contributed by atoms with van der Waals surface area (Å²) in [6.45, 7) is 2.06. The monoisotopic (exact) mass is 268 g/mol. The van der Waals surface area contributed by atoms with Gasteiger partial charge in [0.25, 0.3) is 0 Å². The number of nitrogens with two attached hydrogens (primary N) is 1. The molecule has 0 amide bonds. The second kappa shape index (κ2) is 7.22. The molecule has 0 bridgehead atoms. The van der Waals surface area contributed by atoms with Crippen molar-refractivity contribution in [3.63, 3.8) is 0 Å². The third kappa shape index (κ3) is 3.92. The quantitative estimate of drug-likeness (QED) is 0.837. The number of rotatable bonds is 6. The first-order chi connectivity index (χ1) is 9.70. The summed E-state index contributed by atoms with van der Waals surface area (Å²) in [6, 6.07) is 19.9. The topological polar surface area (TPSA) is 38.0 Å². The summed E-state index contributed by atoms with van der Waals surface area (Å²) in [4.78, 5) is 0. The lowest BCUT2D eigenvalue weighted by molar-refractivity contribution is 0.496. The summed E-state index contributed by atoms with van der Waals surface area (Å²) >= 11 is 0. The van der Waals surface area contributed by atoms with Gasteiger partial charge in [0.05, 0.1) is 0 Å². The van der Waals surface area contributed by atoms with Crippen LogP contribution in [0.3, 0.4) is 0 Å². The van der Waals surface area contributed by atoms with Crippen molar-refractivity contribution in [1.29, 1.82) is 0 Å². The highest BCUT2D eigenvalue weighted by Gasteiger charge is 2.10. The zero-order valence-corrected chi connectivity index (χ0v) is 12.3. The molecule has 0 heterocycles. The molecule has 2 aromatic rings. The Bertz CT molecular complexity index is 503. The predicted octanol–water partition coefficient (Wildman–Crippen LogP) is 3.74. The fraction of sp³-hybridized carbons (Fsp3) is 0.333. The maximum atomic E-state index is 5.85. The van der Waals surface area contributed by atoms with Crippen LogP contribution < -0.4 is 11.1 Å². The minimum atomic E-state index is 0.259. The maximum Gasteiger partial charge on any atom is 0.0318 e. The van der Waals surface area contributed by atoms with Crippen molar-refractivity contribution in [3.8, 4) is 11.1 Å². The second-order valence-electron chi connectivity index (χ2n) is 5.38. The van der Waals surface area contributed by atoms with Crippen molar-refractivity contribution in [3.05, 3.63) is 60.2 Å². The van der Waals surface area contributed by atoms with Gasteiger partial charge in [0.2, 0.25) is 0 Å². The van der Waals surface area contributed by atoms with Gasteiger partial charge in [-0.1, -0.05) is 54.6 Å². The Balaban J connectivity index is 2.10.